The molecule has 0 aromatic heterocycles. The van der Waals surface area contributed by atoms with Gasteiger partial charge in [-0.25, -0.2) is 13.6 Å². The normalized spacial score (nSPS) is 14.8. The van der Waals surface area contributed by atoms with Crippen molar-refractivity contribution in [2.45, 2.75) is 13.1 Å². The first-order valence-corrected chi connectivity index (χ1v) is 8.48. The third-order valence-electron chi connectivity index (χ3n) is 4.23. The van der Waals surface area contributed by atoms with Crippen LogP contribution in [-0.2, 0) is 17.8 Å². The van der Waals surface area contributed by atoms with Gasteiger partial charge in [-0.3, -0.25) is 4.90 Å². The standard InChI is InChI=1S/C19H21F2N3O2/c20-16-5-6-18(17(21)11-16)23-19(25)22-12-14-3-1-2-4-15(14)13-24-7-9-26-10-8-24/h1-6,11H,7-10,12-13H2,(H2,22,23,25). The lowest BCUT2D eigenvalue weighted by molar-refractivity contribution is 0.0341. The maximum atomic E-state index is 13.6. The van der Waals surface area contributed by atoms with E-state index in [0.717, 1.165) is 56.1 Å². The number of amides is 2. The van der Waals surface area contributed by atoms with Crippen molar-refractivity contribution >= 4 is 11.7 Å². The molecule has 2 N–H and O–H groups in total. The maximum absolute atomic E-state index is 13.6. The molecular formula is C19H21F2N3O2. The Morgan fingerprint density at radius 2 is 1.81 bits per heavy atom. The fourth-order valence-corrected chi connectivity index (χ4v) is 2.82. The van der Waals surface area contributed by atoms with Crippen molar-refractivity contribution in [1.82, 2.24) is 10.2 Å². The number of hydrogen-bond donors (Lipinski definition) is 2. The Labute approximate surface area is 151 Å². The van der Waals surface area contributed by atoms with Gasteiger partial charge in [0.15, 0.2) is 0 Å². The number of rotatable bonds is 5. The number of morpholine rings is 1. The van der Waals surface area contributed by atoms with Gasteiger partial charge in [0.2, 0.25) is 0 Å². The van der Waals surface area contributed by atoms with Gasteiger partial charge in [0.05, 0.1) is 18.9 Å². The van der Waals surface area contributed by atoms with E-state index in [9.17, 15) is 13.6 Å². The monoisotopic (exact) mass is 361 g/mol. The minimum Gasteiger partial charge on any atom is -0.379 e. The summed E-state index contributed by atoms with van der Waals surface area (Å²) in [5.74, 6) is -1.50. The molecule has 0 saturated carbocycles. The smallest absolute Gasteiger partial charge is 0.319 e. The Bertz CT molecular complexity index is 764. The van der Waals surface area contributed by atoms with Crippen molar-refractivity contribution in [3.05, 3.63) is 65.2 Å². The van der Waals surface area contributed by atoms with E-state index in [1.807, 2.05) is 24.3 Å². The molecule has 2 amide bonds. The molecule has 0 aliphatic carbocycles. The van der Waals surface area contributed by atoms with E-state index in [1.165, 1.54) is 6.07 Å². The second-order valence-corrected chi connectivity index (χ2v) is 6.09. The lowest BCUT2D eigenvalue weighted by atomic mass is 10.1. The van der Waals surface area contributed by atoms with E-state index in [4.69, 9.17) is 4.74 Å². The molecule has 2 aromatic rings. The number of carbonyl (C=O) groups excluding carboxylic acids is 1. The van der Waals surface area contributed by atoms with E-state index in [2.05, 4.69) is 15.5 Å². The van der Waals surface area contributed by atoms with Crippen LogP contribution >= 0.6 is 0 Å². The minimum absolute atomic E-state index is 0.0644. The average molecular weight is 361 g/mol. The molecule has 1 heterocycles. The summed E-state index contributed by atoms with van der Waals surface area (Å²) in [6.45, 7) is 4.32. The molecule has 1 aliphatic heterocycles. The average Bonchev–Trinajstić information content (AvgIpc) is 2.64. The largest absolute Gasteiger partial charge is 0.379 e. The predicted molar refractivity (Wildman–Crippen MR) is 94.8 cm³/mol. The second-order valence-electron chi connectivity index (χ2n) is 6.09. The topological polar surface area (TPSA) is 53.6 Å². The number of nitrogens with zero attached hydrogens (tertiary/aromatic N) is 1. The van der Waals surface area contributed by atoms with Gasteiger partial charge in [-0.15, -0.1) is 0 Å². The SMILES string of the molecule is O=C(NCc1ccccc1CN1CCOCC1)Nc1ccc(F)cc1F. The Hall–Kier alpha value is -2.51. The highest BCUT2D eigenvalue weighted by Crippen LogP contribution is 2.15. The number of hydrogen-bond acceptors (Lipinski definition) is 3. The third kappa shape index (κ3) is 5.00. The number of halogens is 2. The summed E-state index contributed by atoms with van der Waals surface area (Å²) >= 11 is 0. The number of nitrogens with one attached hydrogen (secondary N) is 2. The molecule has 0 unspecified atom stereocenters. The number of benzene rings is 2. The van der Waals surface area contributed by atoms with Crippen LogP contribution in [0.25, 0.3) is 0 Å². The van der Waals surface area contributed by atoms with Gasteiger partial charge >= 0.3 is 6.03 Å². The Balaban J connectivity index is 1.57. The summed E-state index contributed by atoms with van der Waals surface area (Å²) in [6.07, 6.45) is 0. The van der Waals surface area contributed by atoms with Crippen molar-refractivity contribution < 1.29 is 18.3 Å². The number of ether oxygens (including phenoxy) is 1. The van der Waals surface area contributed by atoms with Gasteiger partial charge < -0.3 is 15.4 Å². The number of carbonyl (C=O) groups is 1. The Kier molecular flexibility index (Phi) is 6.14. The molecule has 0 bridgehead atoms. The molecule has 1 fully saturated rings. The highest BCUT2D eigenvalue weighted by Gasteiger charge is 2.13. The van der Waals surface area contributed by atoms with Crippen LogP contribution in [0.3, 0.4) is 0 Å². The van der Waals surface area contributed by atoms with Crippen molar-refractivity contribution in [2.75, 3.05) is 31.6 Å². The van der Waals surface area contributed by atoms with Crippen LogP contribution in [0, 0.1) is 11.6 Å². The molecule has 0 radical (unpaired) electrons. The minimum atomic E-state index is -0.812. The molecule has 7 heteroatoms. The summed E-state index contributed by atoms with van der Waals surface area (Å²) in [6, 6.07) is 10.3. The van der Waals surface area contributed by atoms with Gasteiger partial charge in [0.1, 0.15) is 11.6 Å². The van der Waals surface area contributed by atoms with Gasteiger partial charge in [0.25, 0.3) is 0 Å². The van der Waals surface area contributed by atoms with Gasteiger partial charge in [-0.05, 0) is 23.3 Å². The van der Waals surface area contributed by atoms with E-state index in [-0.39, 0.29) is 5.69 Å². The van der Waals surface area contributed by atoms with E-state index in [0.29, 0.717) is 6.54 Å². The van der Waals surface area contributed by atoms with Crippen LogP contribution in [0.5, 0.6) is 0 Å². The van der Waals surface area contributed by atoms with Crippen LogP contribution in [0.1, 0.15) is 11.1 Å². The Morgan fingerprint density at radius 1 is 1.08 bits per heavy atom. The molecule has 0 spiro atoms. The molecule has 5 nitrogen and oxygen atoms in total. The molecular weight excluding hydrogens is 340 g/mol. The van der Waals surface area contributed by atoms with Gasteiger partial charge in [0, 0.05) is 32.2 Å². The molecule has 0 atom stereocenters. The molecule has 3 rings (SSSR count). The summed E-state index contributed by atoms with van der Waals surface area (Å²) < 4.78 is 31.9. The summed E-state index contributed by atoms with van der Waals surface area (Å²) in [7, 11) is 0. The molecule has 1 saturated heterocycles. The zero-order valence-corrected chi connectivity index (χ0v) is 14.3. The molecule has 138 valence electrons. The van der Waals surface area contributed by atoms with Gasteiger partial charge in [-0.2, -0.15) is 0 Å². The highest BCUT2D eigenvalue weighted by atomic mass is 19.1. The quantitative estimate of drug-likeness (QED) is 0.860. The Morgan fingerprint density at radius 3 is 2.54 bits per heavy atom. The summed E-state index contributed by atoms with van der Waals surface area (Å²) in [4.78, 5) is 14.3. The first-order valence-electron chi connectivity index (χ1n) is 8.48. The summed E-state index contributed by atoms with van der Waals surface area (Å²) in [5, 5.41) is 5.10. The zero-order chi connectivity index (χ0) is 18.4. The zero-order valence-electron chi connectivity index (χ0n) is 14.3. The highest BCUT2D eigenvalue weighted by molar-refractivity contribution is 5.89. The second kappa shape index (κ2) is 8.73. The van der Waals surface area contributed by atoms with Crippen LogP contribution < -0.4 is 10.6 Å². The lowest BCUT2D eigenvalue weighted by Crippen LogP contribution is -2.36. The van der Waals surface area contributed by atoms with E-state index >= 15 is 0 Å². The van der Waals surface area contributed by atoms with Crippen molar-refractivity contribution in [1.29, 1.82) is 0 Å². The predicted octanol–water partition coefficient (Wildman–Crippen LogP) is 3.12. The van der Waals surface area contributed by atoms with Crippen LogP contribution in [-0.4, -0.2) is 37.2 Å². The van der Waals surface area contributed by atoms with Gasteiger partial charge in [-0.1, -0.05) is 24.3 Å². The molecule has 1 aliphatic rings. The van der Waals surface area contributed by atoms with E-state index in [1.54, 1.807) is 0 Å². The van der Waals surface area contributed by atoms with Crippen molar-refractivity contribution in [3.8, 4) is 0 Å². The van der Waals surface area contributed by atoms with Crippen LogP contribution in [0.15, 0.2) is 42.5 Å². The van der Waals surface area contributed by atoms with Crippen LogP contribution in [0.4, 0.5) is 19.3 Å². The lowest BCUT2D eigenvalue weighted by Gasteiger charge is -2.27. The molecule has 2 aromatic carbocycles. The molecule has 26 heavy (non-hydrogen) atoms. The number of anilines is 1. The summed E-state index contributed by atoms with van der Waals surface area (Å²) in [5.41, 5.74) is 2.06. The first kappa shape index (κ1) is 18.3. The first-order chi connectivity index (χ1) is 12.6. The van der Waals surface area contributed by atoms with Crippen molar-refractivity contribution in [2.24, 2.45) is 0 Å². The third-order valence-corrected chi connectivity index (χ3v) is 4.23. The van der Waals surface area contributed by atoms with E-state index < -0.39 is 17.7 Å². The van der Waals surface area contributed by atoms with Crippen LogP contribution in [0.2, 0.25) is 0 Å². The fourth-order valence-electron chi connectivity index (χ4n) is 2.82. The number of urea groups is 1. The maximum Gasteiger partial charge on any atom is 0.319 e. The van der Waals surface area contributed by atoms with Crippen molar-refractivity contribution in [3.63, 3.8) is 0 Å². The fraction of sp³-hybridized carbons (Fsp3) is 0.316.